The Hall–Kier alpha value is 0.270. The van der Waals surface area contributed by atoms with Crippen molar-refractivity contribution >= 4 is 11.8 Å². The number of hydrogen-bond donors (Lipinski definition) is 1. The topological polar surface area (TPSA) is 29.3 Å². The van der Waals surface area contributed by atoms with E-state index in [1.807, 2.05) is 11.8 Å². The van der Waals surface area contributed by atoms with Gasteiger partial charge in [0.2, 0.25) is 0 Å². The van der Waals surface area contributed by atoms with Crippen LogP contribution in [0.15, 0.2) is 0 Å². The van der Waals surface area contributed by atoms with Gasteiger partial charge in [-0.2, -0.15) is 11.8 Å². The fourth-order valence-electron chi connectivity index (χ4n) is 3.51. The SMILES string of the molecule is CCC(CSC)N(C)CC1CCC(N)C(C)C1(C)C. The molecular formula is C16H34N2S. The van der Waals surface area contributed by atoms with Crippen molar-refractivity contribution in [1.29, 1.82) is 0 Å². The molecule has 0 aromatic heterocycles. The Bertz CT molecular complexity index is 267. The molecule has 0 bridgehead atoms. The second-order valence-corrected chi connectivity index (χ2v) is 7.92. The average Bonchev–Trinajstić information content (AvgIpc) is 2.37. The van der Waals surface area contributed by atoms with Crippen molar-refractivity contribution in [3.8, 4) is 0 Å². The van der Waals surface area contributed by atoms with Crippen LogP contribution in [0.3, 0.4) is 0 Å². The summed E-state index contributed by atoms with van der Waals surface area (Å²) in [5.74, 6) is 2.65. The van der Waals surface area contributed by atoms with Crippen LogP contribution in [0.2, 0.25) is 0 Å². The third-order valence-electron chi connectivity index (χ3n) is 5.68. The summed E-state index contributed by atoms with van der Waals surface area (Å²) in [5, 5.41) is 0. The molecule has 0 radical (unpaired) electrons. The van der Waals surface area contributed by atoms with E-state index < -0.39 is 0 Å². The summed E-state index contributed by atoms with van der Waals surface area (Å²) in [6.07, 6.45) is 5.95. The summed E-state index contributed by atoms with van der Waals surface area (Å²) in [5.41, 5.74) is 6.63. The van der Waals surface area contributed by atoms with Gasteiger partial charge in [-0.1, -0.05) is 27.7 Å². The molecule has 0 spiro atoms. The lowest BCUT2D eigenvalue weighted by Crippen LogP contribution is -2.50. The van der Waals surface area contributed by atoms with Gasteiger partial charge in [0.1, 0.15) is 0 Å². The smallest absolute Gasteiger partial charge is 0.0180 e. The molecule has 2 N–H and O–H groups in total. The molecule has 1 rings (SSSR count). The van der Waals surface area contributed by atoms with Crippen molar-refractivity contribution in [3.05, 3.63) is 0 Å². The zero-order valence-corrected chi connectivity index (χ0v) is 14.6. The quantitative estimate of drug-likeness (QED) is 0.811. The molecule has 0 saturated heterocycles. The van der Waals surface area contributed by atoms with E-state index in [1.54, 1.807) is 0 Å². The third-order valence-corrected chi connectivity index (χ3v) is 6.40. The predicted octanol–water partition coefficient (Wildman–Crippen LogP) is 3.46. The highest BCUT2D eigenvalue weighted by atomic mass is 32.2. The first-order chi connectivity index (χ1) is 8.84. The highest BCUT2D eigenvalue weighted by Crippen LogP contribution is 2.44. The van der Waals surface area contributed by atoms with Crippen LogP contribution >= 0.6 is 11.8 Å². The lowest BCUT2D eigenvalue weighted by molar-refractivity contribution is 0.0270. The minimum atomic E-state index is 0.365. The van der Waals surface area contributed by atoms with Gasteiger partial charge in [0.15, 0.2) is 0 Å². The number of rotatable bonds is 6. The van der Waals surface area contributed by atoms with Crippen LogP contribution in [-0.4, -0.2) is 42.6 Å². The van der Waals surface area contributed by atoms with Crippen molar-refractivity contribution in [2.75, 3.05) is 25.6 Å². The normalized spacial score (nSPS) is 32.5. The zero-order chi connectivity index (χ0) is 14.6. The first kappa shape index (κ1) is 17.3. The van der Waals surface area contributed by atoms with E-state index >= 15 is 0 Å². The molecule has 0 aromatic rings. The average molecular weight is 287 g/mol. The Kier molecular flexibility index (Phi) is 6.68. The van der Waals surface area contributed by atoms with Gasteiger partial charge in [-0.05, 0) is 49.8 Å². The van der Waals surface area contributed by atoms with Crippen molar-refractivity contribution in [2.24, 2.45) is 23.0 Å². The third kappa shape index (κ3) is 4.12. The van der Waals surface area contributed by atoms with Crippen LogP contribution in [0.1, 0.15) is 47.0 Å². The number of hydrogen-bond acceptors (Lipinski definition) is 3. The summed E-state index contributed by atoms with van der Waals surface area (Å²) in [7, 11) is 2.31. The van der Waals surface area contributed by atoms with E-state index in [-0.39, 0.29) is 0 Å². The number of nitrogens with two attached hydrogens (primary N) is 1. The van der Waals surface area contributed by atoms with Crippen molar-refractivity contribution < 1.29 is 0 Å². The van der Waals surface area contributed by atoms with Gasteiger partial charge in [-0.3, -0.25) is 0 Å². The minimum Gasteiger partial charge on any atom is -0.327 e. The summed E-state index contributed by atoms with van der Waals surface area (Å²) >= 11 is 1.96. The maximum absolute atomic E-state index is 6.26. The molecule has 4 unspecified atom stereocenters. The molecule has 2 nitrogen and oxygen atoms in total. The van der Waals surface area contributed by atoms with Crippen LogP contribution in [0.25, 0.3) is 0 Å². The van der Waals surface area contributed by atoms with Crippen molar-refractivity contribution in [2.45, 2.75) is 59.0 Å². The first-order valence-corrected chi connectivity index (χ1v) is 9.18. The van der Waals surface area contributed by atoms with E-state index in [0.29, 0.717) is 17.4 Å². The second kappa shape index (κ2) is 7.33. The first-order valence-electron chi connectivity index (χ1n) is 7.79. The molecule has 4 atom stereocenters. The maximum atomic E-state index is 6.26. The lowest BCUT2D eigenvalue weighted by Gasteiger charge is -2.48. The Balaban J connectivity index is 2.65. The summed E-state index contributed by atoms with van der Waals surface area (Å²) < 4.78 is 0. The van der Waals surface area contributed by atoms with Crippen LogP contribution in [0, 0.1) is 17.3 Å². The molecule has 19 heavy (non-hydrogen) atoms. The van der Waals surface area contributed by atoms with Gasteiger partial charge < -0.3 is 10.6 Å². The van der Waals surface area contributed by atoms with Gasteiger partial charge >= 0.3 is 0 Å². The van der Waals surface area contributed by atoms with Gasteiger partial charge in [0.05, 0.1) is 0 Å². The monoisotopic (exact) mass is 286 g/mol. The van der Waals surface area contributed by atoms with Crippen LogP contribution < -0.4 is 5.73 Å². The van der Waals surface area contributed by atoms with Gasteiger partial charge in [0.25, 0.3) is 0 Å². The van der Waals surface area contributed by atoms with E-state index in [1.165, 1.54) is 31.6 Å². The van der Waals surface area contributed by atoms with Crippen LogP contribution in [0.4, 0.5) is 0 Å². The fourth-order valence-corrected chi connectivity index (χ4v) is 4.39. The molecule has 114 valence electrons. The molecule has 0 aromatic carbocycles. The Labute approximate surface area is 124 Å². The van der Waals surface area contributed by atoms with Crippen molar-refractivity contribution in [1.82, 2.24) is 4.90 Å². The van der Waals surface area contributed by atoms with Gasteiger partial charge in [-0.25, -0.2) is 0 Å². The highest BCUT2D eigenvalue weighted by molar-refractivity contribution is 7.98. The zero-order valence-electron chi connectivity index (χ0n) is 13.8. The van der Waals surface area contributed by atoms with Crippen molar-refractivity contribution in [3.63, 3.8) is 0 Å². The molecular weight excluding hydrogens is 252 g/mol. The summed E-state index contributed by atoms with van der Waals surface area (Å²) in [6.45, 7) is 10.7. The fraction of sp³-hybridized carbons (Fsp3) is 1.00. The Morgan fingerprint density at radius 3 is 2.53 bits per heavy atom. The number of nitrogens with zero attached hydrogens (tertiary/aromatic N) is 1. The molecule has 3 heteroatoms. The molecule has 1 fully saturated rings. The predicted molar refractivity (Wildman–Crippen MR) is 88.7 cm³/mol. The van der Waals surface area contributed by atoms with Gasteiger partial charge in [0, 0.05) is 24.4 Å². The Morgan fingerprint density at radius 2 is 2.00 bits per heavy atom. The lowest BCUT2D eigenvalue weighted by atomic mass is 9.61. The van der Waals surface area contributed by atoms with E-state index in [4.69, 9.17) is 5.73 Å². The van der Waals surface area contributed by atoms with E-state index in [9.17, 15) is 0 Å². The highest BCUT2D eigenvalue weighted by Gasteiger charge is 2.42. The van der Waals surface area contributed by atoms with E-state index in [2.05, 4.69) is 45.9 Å². The second-order valence-electron chi connectivity index (χ2n) is 7.01. The van der Waals surface area contributed by atoms with Crippen LogP contribution in [0.5, 0.6) is 0 Å². The standard InChI is InChI=1S/C16H34N2S/c1-7-14(11-19-6)18(5)10-13-8-9-15(17)12(2)16(13,3)4/h12-15H,7-11,17H2,1-6H3. The van der Waals surface area contributed by atoms with Gasteiger partial charge in [-0.15, -0.1) is 0 Å². The molecule has 1 saturated carbocycles. The summed E-state index contributed by atoms with van der Waals surface area (Å²) in [6, 6.07) is 1.11. The largest absolute Gasteiger partial charge is 0.327 e. The molecule has 0 amide bonds. The Morgan fingerprint density at radius 1 is 1.37 bits per heavy atom. The molecule has 1 aliphatic rings. The molecule has 1 aliphatic carbocycles. The van der Waals surface area contributed by atoms with Crippen LogP contribution in [-0.2, 0) is 0 Å². The minimum absolute atomic E-state index is 0.365. The van der Waals surface area contributed by atoms with E-state index in [0.717, 1.165) is 12.0 Å². The molecule has 0 heterocycles. The molecule has 0 aliphatic heterocycles. The summed E-state index contributed by atoms with van der Waals surface area (Å²) in [4.78, 5) is 2.59. The number of thioether (sulfide) groups is 1. The maximum Gasteiger partial charge on any atom is 0.0180 e.